The molecule has 0 bridgehead atoms. The van der Waals surface area contributed by atoms with Gasteiger partial charge in [0.2, 0.25) is 5.91 Å². The summed E-state index contributed by atoms with van der Waals surface area (Å²) in [5.74, 6) is -0.392. The Hall–Kier alpha value is -2.14. The Morgan fingerprint density at radius 3 is 2.33 bits per heavy atom. The highest BCUT2D eigenvalue weighted by Crippen LogP contribution is 2.43. The molecule has 0 saturated heterocycles. The molecular formula is C13H14F3N3O4S. The molecule has 1 aliphatic heterocycles. The lowest BCUT2D eigenvalue weighted by molar-refractivity contribution is -0.291. The van der Waals surface area contributed by atoms with Gasteiger partial charge < -0.3 is 10.4 Å². The number of halogens is 3. The maximum atomic E-state index is 13.1. The Kier molecular flexibility index (Phi) is 4.35. The zero-order valence-electron chi connectivity index (χ0n) is 12.6. The lowest BCUT2D eigenvalue weighted by Crippen LogP contribution is -2.56. The molecule has 0 saturated carbocycles. The third-order valence-corrected chi connectivity index (χ3v) is 4.94. The molecular weight excluding hydrogens is 351 g/mol. The van der Waals surface area contributed by atoms with Gasteiger partial charge in [0.05, 0.1) is 4.90 Å². The molecule has 1 aliphatic rings. The van der Waals surface area contributed by atoms with Crippen LogP contribution in [0.15, 0.2) is 34.3 Å². The molecule has 11 heteroatoms. The van der Waals surface area contributed by atoms with Gasteiger partial charge in [0.1, 0.15) is 0 Å². The van der Waals surface area contributed by atoms with E-state index >= 15 is 0 Å². The SMILES string of the molecule is CC(=O)Nc1ccc(S(=O)(=O)N2N=C(C)C[C@@]2(O)C(F)(F)F)cc1. The second kappa shape index (κ2) is 5.74. The van der Waals surface area contributed by atoms with Crippen LogP contribution in [0, 0.1) is 0 Å². The average molecular weight is 365 g/mol. The first kappa shape index (κ1) is 18.2. The molecule has 1 atom stereocenters. The number of hydrogen-bond acceptors (Lipinski definition) is 5. The van der Waals surface area contributed by atoms with Gasteiger partial charge in [-0.2, -0.15) is 26.7 Å². The summed E-state index contributed by atoms with van der Waals surface area (Å²) in [4.78, 5) is 10.4. The molecule has 0 unspecified atom stereocenters. The molecule has 0 aliphatic carbocycles. The maximum Gasteiger partial charge on any atom is 0.439 e. The summed E-state index contributed by atoms with van der Waals surface area (Å²) in [5, 5.41) is 15.6. The van der Waals surface area contributed by atoms with Gasteiger partial charge in [0, 0.05) is 24.7 Å². The summed E-state index contributed by atoms with van der Waals surface area (Å²) in [6.07, 6.45) is -6.20. The van der Waals surface area contributed by atoms with Crippen LogP contribution in [-0.4, -0.2) is 41.5 Å². The van der Waals surface area contributed by atoms with Crippen molar-refractivity contribution in [1.82, 2.24) is 4.41 Å². The summed E-state index contributed by atoms with van der Waals surface area (Å²) in [5.41, 5.74) is -3.53. The molecule has 0 spiro atoms. The topological polar surface area (TPSA) is 99.1 Å². The van der Waals surface area contributed by atoms with Crippen molar-refractivity contribution < 1.29 is 31.5 Å². The van der Waals surface area contributed by atoms with E-state index in [1.165, 1.54) is 26.0 Å². The Labute approximate surface area is 135 Å². The molecule has 1 aromatic carbocycles. The number of rotatable bonds is 3. The number of carbonyl (C=O) groups is 1. The summed E-state index contributed by atoms with van der Waals surface area (Å²) >= 11 is 0. The number of sulfonamides is 1. The quantitative estimate of drug-likeness (QED) is 0.851. The van der Waals surface area contributed by atoms with E-state index < -0.39 is 39.1 Å². The fraction of sp³-hybridized carbons (Fsp3) is 0.385. The largest absolute Gasteiger partial charge is 0.439 e. The first-order valence-corrected chi connectivity index (χ1v) is 8.08. The maximum absolute atomic E-state index is 13.1. The number of carbonyl (C=O) groups excluding carboxylic acids is 1. The molecule has 24 heavy (non-hydrogen) atoms. The van der Waals surface area contributed by atoms with Crippen molar-refractivity contribution in [2.75, 3.05) is 5.32 Å². The first-order chi connectivity index (χ1) is 10.9. The van der Waals surface area contributed by atoms with Crippen molar-refractivity contribution >= 4 is 27.3 Å². The summed E-state index contributed by atoms with van der Waals surface area (Å²) in [7, 11) is -4.74. The van der Waals surface area contributed by atoms with Crippen molar-refractivity contribution in [2.45, 2.75) is 37.1 Å². The Bertz CT molecular complexity index is 790. The van der Waals surface area contributed by atoms with E-state index in [4.69, 9.17) is 0 Å². The molecule has 1 amide bonds. The third-order valence-electron chi connectivity index (χ3n) is 3.23. The van der Waals surface area contributed by atoms with Gasteiger partial charge >= 0.3 is 6.18 Å². The van der Waals surface area contributed by atoms with Crippen LogP contribution in [0.1, 0.15) is 20.3 Å². The van der Waals surface area contributed by atoms with Crippen molar-refractivity contribution in [3.8, 4) is 0 Å². The average Bonchev–Trinajstić information content (AvgIpc) is 2.75. The highest BCUT2D eigenvalue weighted by Gasteiger charge is 2.64. The standard InChI is InChI=1S/C13H14F3N3O4S/c1-8-7-12(21,13(14,15)16)19(18-8)24(22,23)11-5-3-10(4-6-11)17-9(2)20/h3-6,21H,7H2,1-2H3,(H,17,20)/t12-/m1/s1. The predicted octanol–water partition coefficient (Wildman–Crippen LogP) is 1.67. The lowest BCUT2D eigenvalue weighted by atomic mass is 10.1. The van der Waals surface area contributed by atoms with E-state index in [1.54, 1.807) is 0 Å². The summed E-state index contributed by atoms with van der Waals surface area (Å²) in [6.45, 7) is 2.43. The third kappa shape index (κ3) is 3.08. The van der Waals surface area contributed by atoms with Crippen molar-refractivity contribution in [3.05, 3.63) is 24.3 Å². The lowest BCUT2D eigenvalue weighted by Gasteiger charge is -2.33. The number of benzene rings is 1. The van der Waals surface area contributed by atoms with Gasteiger partial charge in [-0.1, -0.05) is 0 Å². The van der Waals surface area contributed by atoms with Crippen LogP contribution in [-0.2, 0) is 14.8 Å². The van der Waals surface area contributed by atoms with Crippen LogP contribution >= 0.6 is 0 Å². The van der Waals surface area contributed by atoms with Gasteiger partial charge in [-0.25, -0.2) is 0 Å². The summed E-state index contributed by atoms with van der Waals surface area (Å²) < 4.78 is 64.0. The Morgan fingerprint density at radius 2 is 1.88 bits per heavy atom. The van der Waals surface area contributed by atoms with Crippen LogP contribution in [0.5, 0.6) is 0 Å². The first-order valence-electron chi connectivity index (χ1n) is 6.64. The Balaban J connectivity index is 2.44. The van der Waals surface area contributed by atoms with E-state index in [1.807, 2.05) is 0 Å². The number of aliphatic hydroxyl groups is 1. The zero-order valence-corrected chi connectivity index (χ0v) is 13.4. The van der Waals surface area contributed by atoms with E-state index in [-0.39, 0.29) is 15.8 Å². The van der Waals surface area contributed by atoms with Gasteiger partial charge in [0.15, 0.2) is 0 Å². The molecule has 0 aromatic heterocycles. The highest BCUT2D eigenvalue weighted by atomic mass is 32.2. The number of anilines is 1. The molecule has 0 fully saturated rings. The van der Waals surface area contributed by atoms with Crippen LogP contribution < -0.4 is 5.32 Å². The fourth-order valence-corrected chi connectivity index (χ4v) is 3.66. The minimum atomic E-state index is -5.22. The molecule has 2 rings (SSSR count). The fourth-order valence-electron chi connectivity index (χ4n) is 2.17. The summed E-state index contributed by atoms with van der Waals surface area (Å²) in [6, 6.07) is 4.46. The minimum absolute atomic E-state index is 0.173. The van der Waals surface area contributed by atoms with Gasteiger partial charge in [-0.05, 0) is 31.2 Å². The molecule has 2 N–H and O–H groups in total. The predicted molar refractivity (Wildman–Crippen MR) is 78.5 cm³/mol. The number of hydrazone groups is 1. The van der Waals surface area contributed by atoms with Gasteiger partial charge in [-0.15, -0.1) is 4.41 Å². The van der Waals surface area contributed by atoms with Crippen molar-refractivity contribution in [2.24, 2.45) is 5.10 Å². The number of hydrogen-bond donors (Lipinski definition) is 2. The number of nitrogens with one attached hydrogen (secondary N) is 1. The van der Waals surface area contributed by atoms with Crippen LogP contribution in [0.2, 0.25) is 0 Å². The normalized spacial score (nSPS) is 21.6. The molecule has 1 aromatic rings. The second-order valence-electron chi connectivity index (χ2n) is 5.28. The van der Waals surface area contributed by atoms with E-state index in [2.05, 4.69) is 10.4 Å². The van der Waals surface area contributed by atoms with Crippen LogP contribution in [0.4, 0.5) is 18.9 Å². The molecule has 1 heterocycles. The second-order valence-corrected chi connectivity index (χ2v) is 7.05. The number of nitrogens with zero attached hydrogens (tertiary/aromatic N) is 2. The minimum Gasteiger partial charge on any atom is -0.361 e. The van der Waals surface area contributed by atoms with E-state index in [0.29, 0.717) is 0 Å². The monoisotopic (exact) mass is 365 g/mol. The number of amides is 1. The highest BCUT2D eigenvalue weighted by molar-refractivity contribution is 7.89. The van der Waals surface area contributed by atoms with E-state index in [9.17, 15) is 31.5 Å². The van der Waals surface area contributed by atoms with Crippen LogP contribution in [0.25, 0.3) is 0 Å². The van der Waals surface area contributed by atoms with Crippen molar-refractivity contribution in [3.63, 3.8) is 0 Å². The molecule has 0 radical (unpaired) electrons. The number of alkyl halides is 3. The van der Waals surface area contributed by atoms with Crippen molar-refractivity contribution in [1.29, 1.82) is 0 Å². The van der Waals surface area contributed by atoms with E-state index in [0.717, 1.165) is 12.1 Å². The zero-order chi connectivity index (χ0) is 18.3. The van der Waals surface area contributed by atoms with Gasteiger partial charge in [0.25, 0.3) is 15.7 Å². The van der Waals surface area contributed by atoms with Crippen LogP contribution in [0.3, 0.4) is 0 Å². The van der Waals surface area contributed by atoms with Gasteiger partial charge in [-0.3, -0.25) is 4.79 Å². The molecule has 7 nitrogen and oxygen atoms in total. The smallest absolute Gasteiger partial charge is 0.361 e. The molecule has 132 valence electrons. The Morgan fingerprint density at radius 1 is 1.33 bits per heavy atom.